The Morgan fingerprint density at radius 3 is 1.55 bits per heavy atom. The molecule has 0 radical (unpaired) electrons. The van der Waals surface area contributed by atoms with Gasteiger partial charge in [-0.05, 0) is 6.54 Å². The molecular weight excluding hydrogens is 162 g/mol. The van der Waals surface area contributed by atoms with Crippen molar-refractivity contribution in [3.63, 3.8) is 0 Å². The van der Waals surface area contributed by atoms with Gasteiger partial charge in [-0.3, -0.25) is 4.90 Å². The molecular formula is C6H11F4N. The van der Waals surface area contributed by atoms with E-state index in [1.165, 1.54) is 0 Å². The molecule has 0 fully saturated rings. The minimum Gasteiger partial charge on any atom is -0.292 e. The third-order valence-corrected chi connectivity index (χ3v) is 1.24. The van der Waals surface area contributed by atoms with Crippen molar-refractivity contribution in [3.8, 4) is 0 Å². The Kier molecular flexibility index (Phi) is 5.19. The highest BCUT2D eigenvalue weighted by molar-refractivity contribution is 4.57. The standard InChI is InChI=1S/C6H11F4N/c1-2-11(3-5(7)8)4-6(9)10/h5-6H,2-4H2,1H3. The second kappa shape index (κ2) is 5.35. The molecule has 0 heterocycles. The largest absolute Gasteiger partial charge is 0.292 e. The fraction of sp³-hybridized carbons (Fsp3) is 1.00. The minimum atomic E-state index is -2.53. The van der Waals surface area contributed by atoms with Crippen molar-refractivity contribution in [2.75, 3.05) is 19.6 Å². The summed E-state index contributed by atoms with van der Waals surface area (Å²) >= 11 is 0. The van der Waals surface area contributed by atoms with Crippen LogP contribution in [-0.4, -0.2) is 37.4 Å². The predicted molar refractivity (Wildman–Crippen MR) is 34.1 cm³/mol. The molecule has 0 aromatic rings. The fourth-order valence-corrected chi connectivity index (χ4v) is 0.723. The maximum Gasteiger partial charge on any atom is 0.251 e. The SMILES string of the molecule is CCN(CC(F)F)CC(F)F. The first kappa shape index (κ1) is 10.7. The monoisotopic (exact) mass is 173 g/mol. The third-order valence-electron chi connectivity index (χ3n) is 1.24. The molecule has 0 rings (SSSR count). The summed E-state index contributed by atoms with van der Waals surface area (Å²) < 4.78 is 46.5. The molecule has 0 saturated heterocycles. The lowest BCUT2D eigenvalue weighted by atomic mass is 10.5. The second-order valence-corrected chi connectivity index (χ2v) is 2.13. The summed E-state index contributed by atoms with van der Waals surface area (Å²) in [6.45, 7) is 0.668. The van der Waals surface area contributed by atoms with Gasteiger partial charge < -0.3 is 0 Å². The Balaban J connectivity index is 3.58. The molecule has 0 bridgehead atoms. The Hall–Kier alpha value is -0.320. The van der Waals surface area contributed by atoms with Gasteiger partial charge in [0.05, 0.1) is 13.1 Å². The summed E-state index contributed by atoms with van der Waals surface area (Å²) in [4.78, 5) is 1.02. The highest BCUT2D eigenvalue weighted by Crippen LogP contribution is 2.01. The van der Waals surface area contributed by atoms with E-state index < -0.39 is 25.9 Å². The lowest BCUT2D eigenvalue weighted by Gasteiger charge is -2.18. The van der Waals surface area contributed by atoms with Crippen LogP contribution in [-0.2, 0) is 0 Å². The maximum absolute atomic E-state index is 11.6. The van der Waals surface area contributed by atoms with Gasteiger partial charge in [-0.2, -0.15) is 0 Å². The molecule has 0 N–H and O–H groups in total. The van der Waals surface area contributed by atoms with Gasteiger partial charge >= 0.3 is 0 Å². The molecule has 0 atom stereocenters. The van der Waals surface area contributed by atoms with Crippen LogP contribution in [0.25, 0.3) is 0 Å². The molecule has 0 unspecified atom stereocenters. The molecule has 68 valence electrons. The molecule has 5 heteroatoms. The number of rotatable bonds is 5. The van der Waals surface area contributed by atoms with Gasteiger partial charge in [0.2, 0.25) is 0 Å². The van der Waals surface area contributed by atoms with E-state index in [-0.39, 0.29) is 6.54 Å². The van der Waals surface area contributed by atoms with Crippen LogP contribution in [0.2, 0.25) is 0 Å². The van der Waals surface area contributed by atoms with Crippen LogP contribution in [0.4, 0.5) is 17.6 Å². The molecule has 0 saturated carbocycles. The molecule has 0 aromatic heterocycles. The summed E-state index contributed by atoms with van der Waals surface area (Å²) in [6, 6.07) is 0. The van der Waals surface area contributed by atoms with Crippen LogP contribution in [0.15, 0.2) is 0 Å². The second-order valence-electron chi connectivity index (χ2n) is 2.13. The average Bonchev–Trinajstić information content (AvgIpc) is 1.84. The lowest BCUT2D eigenvalue weighted by molar-refractivity contribution is 0.0457. The number of nitrogens with zero attached hydrogens (tertiary/aromatic N) is 1. The first-order chi connectivity index (χ1) is 5.06. The smallest absolute Gasteiger partial charge is 0.251 e. The molecule has 0 aliphatic heterocycles. The highest BCUT2D eigenvalue weighted by atomic mass is 19.3. The Bertz CT molecular complexity index is 86.6. The normalized spacial score (nSPS) is 12.0. The topological polar surface area (TPSA) is 3.24 Å². The van der Waals surface area contributed by atoms with Gasteiger partial charge in [-0.15, -0.1) is 0 Å². The van der Waals surface area contributed by atoms with Gasteiger partial charge in [0.15, 0.2) is 0 Å². The van der Waals surface area contributed by atoms with Gasteiger partial charge in [0.25, 0.3) is 12.9 Å². The molecule has 1 nitrogen and oxygen atoms in total. The average molecular weight is 173 g/mol. The summed E-state index contributed by atoms with van der Waals surface area (Å²) in [7, 11) is 0. The number of hydrogen-bond acceptors (Lipinski definition) is 1. The zero-order valence-corrected chi connectivity index (χ0v) is 6.24. The first-order valence-electron chi connectivity index (χ1n) is 3.35. The number of alkyl halides is 4. The Morgan fingerprint density at radius 1 is 1.00 bits per heavy atom. The quantitative estimate of drug-likeness (QED) is 0.573. The minimum absolute atomic E-state index is 0.231. The van der Waals surface area contributed by atoms with Crippen molar-refractivity contribution in [2.45, 2.75) is 19.8 Å². The van der Waals surface area contributed by atoms with Gasteiger partial charge in [0.1, 0.15) is 0 Å². The first-order valence-corrected chi connectivity index (χ1v) is 3.35. The van der Waals surface area contributed by atoms with E-state index in [1.54, 1.807) is 6.92 Å². The third kappa shape index (κ3) is 6.09. The van der Waals surface area contributed by atoms with Crippen LogP contribution in [0.5, 0.6) is 0 Å². The summed E-state index contributed by atoms with van der Waals surface area (Å²) in [5, 5.41) is 0. The van der Waals surface area contributed by atoms with Crippen molar-refractivity contribution in [2.24, 2.45) is 0 Å². The maximum atomic E-state index is 11.6. The van der Waals surface area contributed by atoms with Crippen molar-refractivity contribution in [3.05, 3.63) is 0 Å². The van der Waals surface area contributed by atoms with Crippen molar-refractivity contribution < 1.29 is 17.6 Å². The predicted octanol–water partition coefficient (Wildman–Crippen LogP) is 1.84. The highest BCUT2D eigenvalue weighted by Gasteiger charge is 2.14. The van der Waals surface area contributed by atoms with Crippen LogP contribution < -0.4 is 0 Å². The molecule has 11 heavy (non-hydrogen) atoms. The van der Waals surface area contributed by atoms with Crippen molar-refractivity contribution in [1.29, 1.82) is 0 Å². The van der Waals surface area contributed by atoms with E-state index >= 15 is 0 Å². The summed E-state index contributed by atoms with van der Waals surface area (Å²) in [5.74, 6) is 0. The van der Waals surface area contributed by atoms with Gasteiger partial charge in [-0.1, -0.05) is 6.92 Å². The Labute approximate surface area is 63.0 Å². The van der Waals surface area contributed by atoms with E-state index in [0.29, 0.717) is 0 Å². The zero-order chi connectivity index (χ0) is 8.85. The lowest BCUT2D eigenvalue weighted by Crippen LogP contribution is -2.32. The van der Waals surface area contributed by atoms with Crippen LogP contribution >= 0.6 is 0 Å². The molecule has 0 aromatic carbocycles. The van der Waals surface area contributed by atoms with Crippen molar-refractivity contribution in [1.82, 2.24) is 4.90 Å². The fourth-order valence-electron chi connectivity index (χ4n) is 0.723. The van der Waals surface area contributed by atoms with Crippen LogP contribution in [0.1, 0.15) is 6.92 Å². The van der Waals surface area contributed by atoms with Gasteiger partial charge in [0, 0.05) is 0 Å². The summed E-state index contributed by atoms with van der Waals surface area (Å²) in [5.41, 5.74) is 0. The number of halogens is 4. The zero-order valence-electron chi connectivity index (χ0n) is 6.24. The molecule has 0 aliphatic rings. The van der Waals surface area contributed by atoms with Crippen LogP contribution in [0.3, 0.4) is 0 Å². The summed E-state index contributed by atoms with van der Waals surface area (Å²) in [6.07, 6.45) is -5.07. The number of hydrogen-bond donors (Lipinski definition) is 0. The van der Waals surface area contributed by atoms with E-state index in [1.807, 2.05) is 0 Å². The van der Waals surface area contributed by atoms with E-state index in [2.05, 4.69) is 0 Å². The molecule has 0 amide bonds. The van der Waals surface area contributed by atoms with Crippen LogP contribution in [0, 0.1) is 0 Å². The Morgan fingerprint density at radius 2 is 1.36 bits per heavy atom. The molecule has 0 spiro atoms. The molecule has 0 aliphatic carbocycles. The van der Waals surface area contributed by atoms with Gasteiger partial charge in [-0.25, -0.2) is 17.6 Å². The van der Waals surface area contributed by atoms with E-state index in [0.717, 1.165) is 4.90 Å². The van der Waals surface area contributed by atoms with E-state index in [9.17, 15) is 17.6 Å². The van der Waals surface area contributed by atoms with Crippen molar-refractivity contribution >= 4 is 0 Å². The van der Waals surface area contributed by atoms with E-state index in [4.69, 9.17) is 0 Å².